The molecule has 0 aliphatic rings. The summed E-state index contributed by atoms with van der Waals surface area (Å²) in [6, 6.07) is 0. The summed E-state index contributed by atoms with van der Waals surface area (Å²) in [5, 5.41) is 0. The predicted octanol–water partition coefficient (Wildman–Crippen LogP) is 0.0146. The van der Waals surface area contributed by atoms with Gasteiger partial charge in [0.25, 0.3) is 0 Å². The van der Waals surface area contributed by atoms with Gasteiger partial charge in [-0.2, -0.15) is 0 Å². The van der Waals surface area contributed by atoms with Gasteiger partial charge >= 0.3 is 15.2 Å². The van der Waals surface area contributed by atoms with Crippen molar-refractivity contribution >= 4 is 64.8 Å². The van der Waals surface area contributed by atoms with Crippen molar-refractivity contribution in [3.63, 3.8) is 0 Å². The van der Waals surface area contributed by atoms with E-state index < -0.39 is 15.2 Å². The number of rotatable bonds is 18. The van der Waals surface area contributed by atoms with Gasteiger partial charge in [-0.25, -0.2) is 0 Å². The van der Waals surface area contributed by atoms with Crippen LogP contribution in [-0.4, -0.2) is 107 Å². The quantitative estimate of drug-likeness (QED) is 0.0945. The van der Waals surface area contributed by atoms with Gasteiger partial charge in [0, 0.05) is 13.1 Å². The first-order valence-electron chi connectivity index (χ1n) is 10.3. The van der Waals surface area contributed by atoms with Crippen molar-refractivity contribution in [3.8, 4) is 0 Å². The van der Waals surface area contributed by atoms with Crippen molar-refractivity contribution < 1.29 is 28.7 Å². The molecule has 0 amide bonds. The number of hydrogen-bond donors (Lipinski definition) is 8. The Morgan fingerprint density at radius 1 is 0.471 bits per heavy atom. The minimum Gasteiger partial charge on any atom is -0.330 e. The van der Waals surface area contributed by atoms with Gasteiger partial charge in [-0.05, 0) is 78.0 Å². The van der Waals surface area contributed by atoms with Crippen LogP contribution in [0.3, 0.4) is 0 Å². The highest BCUT2D eigenvalue weighted by Crippen LogP contribution is 2.34. The second kappa shape index (κ2) is 30.4. The molecule has 0 bridgehead atoms. The van der Waals surface area contributed by atoms with Gasteiger partial charge in [-0.15, -0.1) is 49.6 Å². The van der Waals surface area contributed by atoms with Gasteiger partial charge in [-0.3, -0.25) is 9.13 Å². The third-order valence-corrected chi connectivity index (χ3v) is 5.69. The van der Waals surface area contributed by atoms with Crippen LogP contribution in [0, 0.1) is 0 Å². The summed E-state index contributed by atoms with van der Waals surface area (Å²) in [5.74, 6) is 0. The zero-order valence-electron chi connectivity index (χ0n) is 19.7. The molecular formula is C16H48Cl4N6O6P2. The fraction of sp³-hybridized carbons (Fsp3) is 1.00. The van der Waals surface area contributed by atoms with Crippen LogP contribution in [0.15, 0.2) is 0 Å². The van der Waals surface area contributed by atoms with Crippen LogP contribution < -0.4 is 22.9 Å². The van der Waals surface area contributed by atoms with E-state index >= 15 is 0 Å². The molecule has 216 valence electrons. The lowest BCUT2D eigenvalue weighted by molar-refractivity contribution is 0.275. The summed E-state index contributed by atoms with van der Waals surface area (Å²) in [6.45, 7) is 6.28. The molecule has 0 saturated heterocycles. The summed E-state index contributed by atoms with van der Waals surface area (Å²) in [6.07, 6.45) is 3.17. The van der Waals surface area contributed by atoms with E-state index in [1.165, 1.54) is 0 Å². The molecular weight excluding hydrogens is 576 g/mol. The number of nitrogens with zero attached hydrogens (tertiary/aromatic N) is 2. The van der Waals surface area contributed by atoms with E-state index in [1.807, 2.05) is 9.80 Å². The van der Waals surface area contributed by atoms with E-state index in [2.05, 4.69) is 0 Å². The highest BCUT2D eigenvalue weighted by Gasteiger charge is 2.16. The Balaban J connectivity index is -0.000000103. The van der Waals surface area contributed by atoms with E-state index in [9.17, 15) is 9.13 Å². The lowest BCUT2D eigenvalue weighted by Crippen LogP contribution is -2.31. The van der Waals surface area contributed by atoms with Crippen molar-refractivity contribution in [2.24, 2.45) is 22.9 Å². The highest BCUT2D eigenvalue weighted by atomic mass is 35.5. The fourth-order valence-corrected chi connectivity index (χ4v) is 3.56. The maximum absolute atomic E-state index is 10.7. The van der Waals surface area contributed by atoms with Crippen LogP contribution in [0.5, 0.6) is 0 Å². The fourth-order valence-electron chi connectivity index (χ4n) is 2.47. The lowest BCUT2D eigenvalue weighted by atomic mass is 10.3. The van der Waals surface area contributed by atoms with E-state index in [0.29, 0.717) is 39.3 Å². The highest BCUT2D eigenvalue weighted by molar-refractivity contribution is 7.52. The Labute approximate surface area is 229 Å². The van der Waals surface area contributed by atoms with Gasteiger partial charge < -0.3 is 52.3 Å². The molecule has 0 aromatic heterocycles. The average Bonchev–Trinajstić information content (AvgIpc) is 2.66. The van der Waals surface area contributed by atoms with Crippen LogP contribution in [-0.2, 0) is 9.13 Å². The normalized spacial score (nSPS) is 10.9. The van der Waals surface area contributed by atoms with E-state index in [-0.39, 0.29) is 62.0 Å². The van der Waals surface area contributed by atoms with Crippen LogP contribution in [0.25, 0.3) is 0 Å². The van der Waals surface area contributed by atoms with E-state index in [1.54, 1.807) is 0 Å². The molecule has 12 nitrogen and oxygen atoms in total. The first-order chi connectivity index (χ1) is 14.0. The minimum absolute atomic E-state index is 0. The SMILES string of the molecule is Cl.Cl.Cl.Cl.NCCCN(CCCN)CCP(=O)(O)O.NCCCN(CCCN)CCP(=O)(O)O. The zero-order valence-corrected chi connectivity index (χ0v) is 24.7. The molecule has 0 aromatic rings. The van der Waals surface area contributed by atoms with Gasteiger partial charge in [0.15, 0.2) is 0 Å². The zero-order chi connectivity index (χ0) is 23.5. The minimum atomic E-state index is -3.89. The van der Waals surface area contributed by atoms with Crippen LogP contribution in [0.4, 0.5) is 0 Å². The topological polar surface area (TPSA) is 226 Å². The summed E-state index contributed by atoms with van der Waals surface area (Å²) < 4.78 is 21.4. The van der Waals surface area contributed by atoms with Crippen LogP contribution in [0.1, 0.15) is 25.7 Å². The third-order valence-electron chi connectivity index (χ3n) is 4.13. The van der Waals surface area contributed by atoms with Crippen molar-refractivity contribution in [2.45, 2.75) is 25.7 Å². The van der Waals surface area contributed by atoms with Crippen molar-refractivity contribution in [3.05, 3.63) is 0 Å². The Bertz CT molecular complexity index is 439. The van der Waals surface area contributed by atoms with E-state index in [4.69, 9.17) is 42.5 Å². The maximum atomic E-state index is 10.7. The molecule has 0 spiro atoms. The molecule has 0 heterocycles. The molecule has 18 heteroatoms. The molecule has 0 aromatic carbocycles. The first-order valence-corrected chi connectivity index (χ1v) is 13.9. The van der Waals surface area contributed by atoms with Crippen molar-refractivity contribution in [1.29, 1.82) is 0 Å². The second-order valence-corrected chi connectivity index (χ2v) is 10.6. The largest absolute Gasteiger partial charge is 0.330 e. The summed E-state index contributed by atoms with van der Waals surface area (Å²) in [4.78, 5) is 39.0. The third kappa shape index (κ3) is 40.4. The smallest absolute Gasteiger partial charge is 0.326 e. The van der Waals surface area contributed by atoms with Gasteiger partial charge in [-0.1, -0.05) is 0 Å². The second-order valence-electron chi connectivity index (χ2n) is 7.03. The van der Waals surface area contributed by atoms with Crippen LogP contribution in [0.2, 0.25) is 0 Å². The molecule has 0 aliphatic heterocycles. The molecule has 12 N–H and O–H groups in total. The molecule has 0 fully saturated rings. The molecule has 0 aliphatic carbocycles. The Hall–Kier alpha value is 1.22. The standard InChI is InChI=1S/2C8H22N3O3P.4ClH/c2*9-3-1-5-11(6-2-4-10)7-8-15(12,13)14;;;;/h2*1-10H2,(H2,12,13,14);4*1H. The van der Waals surface area contributed by atoms with Gasteiger partial charge in [0.2, 0.25) is 0 Å². The molecule has 0 rings (SSSR count). The summed E-state index contributed by atoms with van der Waals surface area (Å²) in [5.41, 5.74) is 21.5. The summed E-state index contributed by atoms with van der Waals surface area (Å²) >= 11 is 0. The van der Waals surface area contributed by atoms with Gasteiger partial charge in [0.1, 0.15) is 0 Å². The number of hydrogen-bond acceptors (Lipinski definition) is 8. The predicted molar refractivity (Wildman–Crippen MR) is 150 cm³/mol. The Kier molecular flexibility index (Phi) is 43.3. The monoisotopic (exact) mass is 622 g/mol. The Morgan fingerprint density at radius 2 is 0.676 bits per heavy atom. The summed E-state index contributed by atoms with van der Waals surface area (Å²) in [7, 11) is -7.78. The average molecular weight is 624 g/mol. The first kappa shape index (κ1) is 48.3. The van der Waals surface area contributed by atoms with Crippen LogP contribution >= 0.6 is 64.8 Å². The molecule has 34 heavy (non-hydrogen) atoms. The molecule has 0 unspecified atom stereocenters. The molecule has 0 atom stereocenters. The lowest BCUT2D eigenvalue weighted by Gasteiger charge is -2.21. The number of nitrogens with two attached hydrogens (primary N) is 4. The van der Waals surface area contributed by atoms with Gasteiger partial charge in [0.05, 0.1) is 12.3 Å². The Morgan fingerprint density at radius 3 is 0.824 bits per heavy atom. The van der Waals surface area contributed by atoms with Crippen molar-refractivity contribution in [1.82, 2.24) is 9.80 Å². The maximum Gasteiger partial charge on any atom is 0.326 e. The van der Waals surface area contributed by atoms with E-state index in [0.717, 1.165) is 51.9 Å². The molecule has 0 radical (unpaired) electrons. The molecule has 0 saturated carbocycles. The van der Waals surface area contributed by atoms with Crippen molar-refractivity contribution in [2.75, 3.05) is 77.8 Å². The number of halogens is 4.